The minimum absolute atomic E-state index is 0.301. The van der Waals surface area contributed by atoms with Crippen LogP contribution in [-0.2, 0) is 17.6 Å². The minimum Gasteiger partial charge on any atom is -0.489 e. The molecule has 2 aromatic heterocycles. The maximum absolute atomic E-state index is 12.2. The highest BCUT2D eigenvalue weighted by atomic mass is 32.2. The van der Waals surface area contributed by atoms with Crippen molar-refractivity contribution in [2.75, 3.05) is 0 Å². The van der Waals surface area contributed by atoms with Gasteiger partial charge in [0.05, 0.1) is 16.5 Å². The summed E-state index contributed by atoms with van der Waals surface area (Å²) in [6.07, 6.45) is 10.2. The molecule has 1 unspecified atom stereocenters. The van der Waals surface area contributed by atoms with Crippen LogP contribution in [0, 0.1) is 5.92 Å². The van der Waals surface area contributed by atoms with Crippen molar-refractivity contribution in [3.05, 3.63) is 66.0 Å². The van der Waals surface area contributed by atoms with Gasteiger partial charge in [-0.25, -0.2) is 8.72 Å². The predicted molar refractivity (Wildman–Crippen MR) is 127 cm³/mol. The third-order valence-corrected chi connectivity index (χ3v) is 7.23. The molecule has 3 aromatic rings. The lowest BCUT2D eigenvalue weighted by atomic mass is 9.79. The van der Waals surface area contributed by atoms with Crippen molar-refractivity contribution in [2.24, 2.45) is 10.3 Å². The van der Waals surface area contributed by atoms with Gasteiger partial charge in [0.1, 0.15) is 23.3 Å². The first kappa shape index (κ1) is 21.8. The first-order valence-corrected chi connectivity index (χ1v) is 12.1. The van der Waals surface area contributed by atoms with Crippen LogP contribution in [0.5, 0.6) is 5.75 Å². The maximum Gasteiger partial charge on any atom is 0.144 e. The van der Waals surface area contributed by atoms with Gasteiger partial charge in [0, 0.05) is 24.0 Å². The van der Waals surface area contributed by atoms with Gasteiger partial charge in [-0.05, 0) is 69.9 Å². The molecular weight excluding hydrogens is 406 g/mol. The van der Waals surface area contributed by atoms with E-state index in [2.05, 4.69) is 27.7 Å². The molecule has 164 valence electrons. The number of hydrogen-bond acceptors (Lipinski definition) is 3. The molecule has 6 heteroatoms. The molecule has 0 radical (unpaired) electrons. The van der Waals surface area contributed by atoms with Crippen molar-refractivity contribution < 1.29 is 8.95 Å². The Hall–Kier alpha value is -2.47. The van der Waals surface area contributed by atoms with E-state index in [0.717, 1.165) is 42.5 Å². The van der Waals surface area contributed by atoms with Crippen molar-refractivity contribution in [3.8, 4) is 5.75 Å². The SMILES string of the molecule is CC(C)(C)S(=O)N=CC1CCC(c2cnn3ccc(OCc4ccccc4)cc23)CC1. The summed E-state index contributed by atoms with van der Waals surface area (Å²) in [6.45, 7) is 6.43. The monoisotopic (exact) mass is 437 g/mol. The molecule has 1 atom stereocenters. The topological polar surface area (TPSA) is 56.0 Å². The second-order valence-electron chi connectivity index (χ2n) is 9.29. The Morgan fingerprint density at radius 1 is 1.16 bits per heavy atom. The second-order valence-corrected chi connectivity index (χ2v) is 11.2. The molecule has 1 saturated carbocycles. The standard InChI is InChI=1S/C25H31N3O2S/c1-25(2,3)31(29)27-16-19-9-11-21(12-10-19)23-17-26-28-14-13-22(15-24(23)28)30-18-20-7-5-4-6-8-20/h4-8,13-17,19,21H,9-12,18H2,1-3H3. The van der Waals surface area contributed by atoms with Gasteiger partial charge < -0.3 is 4.74 Å². The molecule has 0 bridgehead atoms. The number of nitrogens with zero attached hydrogens (tertiary/aromatic N) is 3. The lowest BCUT2D eigenvalue weighted by Gasteiger charge is -2.26. The van der Waals surface area contributed by atoms with Crippen LogP contribution in [0.1, 0.15) is 63.5 Å². The van der Waals surface area contributed by atoms with Gasteiger partial charge in [-0.15, -0.1) is 0 Å². The van der Waals surface area contributed by atoms with E-state index in [0.29, 0.717) is 18.4 Å². The summed E-state index contributed by atoms with van der Waals surface area (Å²) in [6, 6.07) is 14.3. The third-order valence-electron chi connectivity index (χ3n) is 5.87. The molecule has 31 heavy (non-hydrogen) atoms. The molecule has 1 aliphatic carbocycles. The predicted octanol–water partition coefficient (Wildman–Crippen LogP) is 5.72. The number of hydrogen-bond donors (Lipinski definition) is 0. The Labute approximate surface area is 187 Å². The van der Waals surface area contributed by atoms with E-state index in [9.17, 15) is 4.21 Å². The average Bonchev–Trinajstić information content (AvgIpc) is 3.20. The van der Waals surface area contributed by atoms with E-state index in [1.807, 2.05) is 68.2 Å². The number of pyridine rings is 1. The number of aromatic nitrogens is 2. The summed E-state index contributed by atoms with van der Waals surface area (Å²) in [5, 5.41) is 4.55. The van der Waals surface area contributed by atoms with Crippen molar-refractivity contribution in [1.29, 1.82) is 0 Å². The van der Waals surface area contributed by atoms with Crippen LogP contribution in [0.4, 0.5) is 0 Å². The Balaban J connectivity index is 1.41. The molecule has 4 rings (SSSR count). The molecule has 0 saturated heterocycles. The van der Waals surface area contributed by atoms with Crippen LogP contribution >= 0.6 is 0 Å². The van der Waals surface area contributed by atoms with E-state index < -0.39 is 11.0 Å². The fourth-order valence-corrected chi connectivity index (χ4v) is 4.60. The molecule has 0 amide bonds. The molecule has 1 fully saturated rings. The summed E-state index contributed by atoms with van der Waals surface area (Å²) in [4.78, 5) is 0. The van der Waals surface area contributed by atoms with Crippen molar-refractivity contribution in [2.45, 2.75) is 63.7 Å². The van der Waals surface area contributed by atoms with Crippen molar-refractivity contribution >= 4 is 22.7 Å². The van der Waals surface area contributed by atoms with Gasteiger partial charge in [-0.1, -0.05) is 30.3 Å². The van der Waals surface area contributed by atoms with Gasteiger partial charge in [0.2, 0.25) is 0 Å². The van der Waals surface area contributed by atoms with Crippen LogP contribution in [-0.4, -0.2) is 24.8 Å². The van der Waals surface area contributed by atoms with Crippen LogP contribution in [0.3, 0.4) is 0 Å². The van der Waals surface area contributed by atoms with Gasteiger partial charge in [0.15, 0.2) is 0 Å². The lowest BCUT2D eigenvalue weighted by molar-refractivity contribution is 0.306. The molecule has 0 aliphatic heterocycles. The molecular formula is C25H31N3O2S. The highest BCUT2D eigenvalue weighted by Gasteiger charge is 2.25. The zero-order valence-corrected chi connectivity index (χ0v) is 19.3. The summed E-state index contributed by atoms with van der Waals surface area (Å²) < 4.78 is 24.2. The van der Waals surface area contributed by atoms with Crippen LogP contribution in [0.15, 0.2) is 59.3 Å². The molecule has 2 heterocycles. The zero-order chi connectivity index (χ0) is 21.8. The van der Waals surface area contributed by atoms with E-state index in [1.165, 1.54) is 5.56 Å². The van der Waals surface area contributed by atoms with Crippen LogP contribution in [0.25, 0.3) is 5.52 Å². The van der Waals surface area contributed by atoms with E-state index in [-0.39, 0.29) is 4.75 Å². The van der Waals surface area contributed by atoms with Crippen molar-refractivity contribution in [3.63, 3.8) is 0 Å². The van der Waals surface area contributed by atoms with Crippen LogP contribution < -0.4 is 4.74 Å². The van der Waals surface area contributed by atoms with E-state index in [1.54, 1.807) is 0 Å². The van der Waals surface area contributed by atoms with Gasteiger partial charge in [-0.2, -0.15) is 9.50 Å². The minimum atomic E-state index is -1.17. The summed E-state index contributed by atoms with van der Waals surface area (Å²) >= 11 is 0. The Morgan fingerprint density at radius 2 is 1.90 bits per heavy atom. The third kappa shape index (κ3) is 5.42. The quantitative estimate of drug-likeness (QED) is 0.464. The highest BCUT2D eigenvalue weighted by Crippen LogP contribution is 2.37. The lowest BCUT2D eigenvalue weighted by Crippen LogP contribution is -2.21. The zero-order valence-electron chi connectivity index (χ0n) is 18.5. The fourth-order valence-electron chi connectivity index (χ4n) is 4.00. The Morgan fingerprint density at radius 3 is 2.61 bits per heavy atom. The number of ether oxygens (including phenoxy) is 1. The molecule has 1 aromatic carbocycles. The largest absolute Gasteiger partial charge is 0.489 e. The van der Waals surface area contributed by atoms with E-state index >= 15 is 0 Å². The van der Waals surface area contributed by atoms with Gasteiger partial charge in [-0.3, -0.25) is 0 Å². The number of rotatable bonds is 6. The maximum atomic E-state index is 12.2. The summed E-state index contributed by atoms with van der Waals surface area (Å²) in [5.74, 6) is 1.76. The van der Waals surface area contributed by atoms with E-state index in [4.69, 9.17) is 4.74 Å². The molecule has 0 N–H and O–H groups in total. The van der Waals surface area contributed by atoms with Crippen molar-refractivity contribution in [1.82, 2.24) is 9.61 Å². The number of benzene rings is 1. The first-order valence-electron chi connectivity index (χ1n) is 11.0. The fraction of sp³-hybridized carbons (Fsp3) is 0.440. The second kappa shape index (κ2) is 9.35. The highest BCUT2D eigenvalue weighted by molar-refractivity contribution is 7.85. The normalized spacial score (nSPS) is 20.9. The van der Waals surface area contributed by atoms with Gasteiger partial charge >= 0.3 is 0 Å². The number of fused-ring (bicyclic) bond motifs is 1. The summed E-state index contributed by atoms with van der Waals surface area (Å²) in [7, 11) is -1.17. The Kier molecular flexibility index (Phi) is 6.56. The van der Waals surface area contributed by atoms with Gasteiger partial charge in [0.25, 0.3) is 0 Å². The van der Waals surface area contributed by atoms with Crippen LogP contribution in [0.2, 0.25) is 0 Å². The molecule has 0 spiro atoms. The smallest absolute Gasteiger partial charge is 0.144 e. The Bertz CT molecular complexity index is 1060. The molecule has 1 aliphatic rings. The average molecular weight is 438 g/mol. The summed E-state index contributed by atoms with van der Waals surface area (Å²) in [5.41, 5.74) is 3.57. The molecule has 5 nitrogen and oxygen atoms in total. The first-order chi connectivity index (χ1) is 14.9.